The molecule has 2 amide bonds. The molecule has 0 spiro atoms. The molecule has 0 saturated carbocycles. The van der Waals surface area contributed by atoms with E-state index in [4.69, 9.17) is 5.73 Å². The summed E-state index contributed by atoms with van der Waals surface area (Å²) in [6, 6.07) is 10.2. The van der Waals surface area contributed by atoms with Gasteiger partial charge in [0.2, 0.25) is 11.8 Å². The number of carbonyl (C=O) groups is 2. The number of likely N-dealkylation sites (tertiary alicyclic amines) is 2. The van der Waals surface area contributed by atoms with Crippen LogP contribution in [0.3, 0.4) is 0 Å². The molecule has 0 aliphatic carbocycles. The Hall–Kier alpha value is -1.59. The van der Waals surface area contributed by atoms with Gasteiger partial charge in [0.1, 0.15) is 0 Å². The fourth-order valence-corrected chi connectivity index (χ4v) is 4.16. The van der Waals surface area contributed by atoms with Gasteiger partial charge in [-0.3, -0.25) is 9.59 Å². The summed E-state index contributed by atoms with van der Waals surface area (Å²) in [5.74, 6) is 0.383. The van der Waals surface area contributed by atoms with Gasteiger partial charge in [-0.2, -0.15) is 0 Å². The highest BCUT2D eigenvalue weighted by Gasteiger charge is 2.39. The van der Waals surface area contributed by atoms with E-state index in [2.05, 4.69) is 12.1 Å². The van der Waals surface area contributed by atoms with Crippen LogP contribution >= 0.6 is 12.4 Å². The van der Waals surface area contributed by atoms with Gasteiger partial charge < -0.3 is 15.5 Å². The van der Waals surface area contributed by atoms with Gasteiger partial charge in [-0.25, -0.2) is 0 Å². The molecule has 0 aromatic heterocycles. The molecule has 27 heavy (non-hydrogen) atoms. The van der Waals surface area contributed by atoms with Crippen molar-refractivity contribution >= 4 is 24.2 Å². The lowest BCUT2D eigenvalue weighted by Gasteiger charge is -2.37. The molecule has 2 N–H and O–H groups in total. The number of hydrogen-bond donors (Lipinski definition) is 1. The topological polar surface area (TPSA) is 66.6 Å². The highest BCUT2D eigenvalue weighted by atomic mass is 35.5. The minimum atomic E-state index is -0.403. The van der Waals surface area contributed by atoms with Crippen molar-refractivity contribution in [3.63, 3.8) is 0 Å². The van der Waals surface area contributed by atoms with Crippen molar-refractivity contribution in [2.75, 3.05) is 26.2 Å². The molecular weight excluding hydrogens is 362 g/mol. The van der Waals surface area contributed by atoms with Crippen molar-refractivity contribution in [2.45, 2.75) is 45.6 Å². The molecule has 0 radical (unpaired) electrons. The summed E-state index contributed by atoms with van der Waals surface area (Å²) in [7, 11) is 0. The molecule has 1 unspecified atom stereocenters. The predicted molar refractivity (Wildman–Crippen MR) is 110 cm³/mol. The van der Waals surface area contributed by atoms with Crippen molar-refractivity contribution in [1.29, 1.82) is 0 Å². The van der Waals surface area contributed by atoms with E-state index in [0.29, 0.717) is 19.6 Å². The third-order valence-corrected chi connectivity index (χ3v) is 5.60. The van der Waals surface area contributed by atoms with Gasteiger partial charge >= 0.3 is 0 Å². The molecule has 5 nitrogen and oxygen atoms in total. The lowest BCUT2D eigenvalue weighted by molar-refractivity contribution is -0.145. The maximum absolute atomic E-state index is 13.1. The Balaban J connectivity index is 0.00000261. The fraction of sp³-hybridized carbons (Fsp3) is 0.619. The first-order chi connectivity index (χ1) is 12.3. The minimum absolute atomic E-state index is 0. The van der Waals surface area contributed by atoms with Crippen molar-refractivity contribution in [1.82, 2.24) is 9.80 Å². The fourth-order valence-electron chi connectivity index (χ4n) is 4.16. The smallest absolute Gasteiger partial charge is 0.227 e. The summed E-state index contributed by atoms with van der Waals surface area (Å²) in [5.41, 5.74) is 7.14. The van der Waals surface area contributed by atoms with Crippen LogP contribution in [0.2, 0.25) is 0 Å². The van der Waals surface area contributed by atoms with E-state index in [0.717, 1.165) is 19.4 Å². The summed E-state index contributed by atoms with van der Waals surface area (Å²) in [4.78, 5) is 29.4. The first kappa shape index (κ1) is 21.7. The van der Waals surface area contributed by atoms with Crippen LogP contribution in [-0.2, 0) is 9.59 Å². The Morgan fingerprint density at radius 1 is 1.04 bits per heavy atom. The van der Waals surface area contributed by atoms with Crippen LogP contribution < -0.4 is 5.73 Å². The van der Waals surface area contributed by atoms with Crippen LogP contribution in [0.25, 0.3) is 0 Å². The van der Waals surface area contributed by atoms with Crippen molar-refractivity contribution < 1.29 is 9.59 Å². The van der Waals surface area contributed by atoms with Crippen molar-refractivity contribution in [3.8, 4) is 0 Å². The summed E-state index contributed by atoms with van der Waals surface area (Å²) in [6.07, 6.45) is 1.74. The second kappa shape index (κ2) is 8.61. The van der Waals surface area contributed by atoms with Gasteiger partial charge in [0, 0.05) is 43.6 Å². The summed E-state index contributed by atoms with van der Waals surface area (Å²) in [5, 5.41) is 0. The van der Waals surface area contributed by atoms with Gasteiger partial charge in [0.25, 0.3) is 0 Å². The summed E-state index contributed by atoms with van der Waals surface area (Å²) >= 11 is 0. The predicted octanol–water partition coefficient (Wildman–Crippen LogP) is 2.65. The number of rotatable bonds is 2. The van der Waals surface area contributed by atoms with Crippen LogP contribution in [0.4, 0.5) is 0 Å². The number of nitrogens with two attached hydrogens (primary N) is 1. The largest absolute Gasteiger partial charge is 0.341 e. The molecule has 6 heteroatoms. The second-order valence-electron chi connectivity index (χ2n) is 8.76. The molecular formula is C21H32ClN3O2. The van der Waals surface area contributed by atoms with Gasteiger partial charge in [-0.15, -0.1) is 12.4 Å². The maximum Gasteiger partial charge on any atom is 0.227 e. The highest BCUT2D eigenvalue weighted by molar-refractivity contribution is 5.85. The lowest BCUT2D eigenvalue weighted by atomic mass is 9.90. The number of piperidine rings is 1. The molecule has 2 aliphatic rings. The molecule has 2 aliphatic heterocycles. The average molecular weight is 394 g/mol. The SMILES string of the molecule is CC(C)(C)C(=O)N1CCCC(C(=O)N2C[C@@H](N)[C@H](c3ccccc3)C2)C1.Cl. The molecule has 1 aromatic rings. The monoisotopic (exact) mass is 393 g/mol. The van der Waals surface area contributed by atoms with E-state index in [1.54, 1.807) is 0 Å². The Bertz CT molecular complexity index is 659. The Labute approximate surface area is 168 Å². The van der Waals surface area contributed by atoms with E-state index < -0.39 is 5.41 Å². The third kappa shape index (κ3) is 4.82. The molecule has 2 fully saturated rings. The first-order valence-corrected chi connectivity index (χ1v) is 9.66. The normalized spacial score (nSPS) is 25.9. The van der Waals surface area contributed by atoms with Crippen LogP contribution in [-0.4, -0.2) is 53.8 Å². The standard InChI is InChI=1S/C21H31N3O2.ClH/c1-21(2,3)20(26)23-11-7-10-16(12-23)19(25)24-13-17(18(22)14-24)15-8-5-4-6-9-15;/h4-6,8-9,16-18H,7,10-14,22H2,1-3H3;1H/t16?,17-,18+;/m0./s1. The highest BCUT2D eigenvalue weighted by Crippen LogP contribution is 2.30. The summed E-state index contributed by atoms with van der Waals surface area (Å²) < 4.78 is 0. The van der Waals surface area contributed by atoms with E-state index >= 15 is 0 Å². The molecule has 1 aromatic carbocycles. The molecule has 2 saturated heterocycles. The van der Waals surface area contributed by atoms with Gasteiger partial charge in [0.15, 0.2) is 0 Å². The molecule has 3 rings (SSSR count). The quantitative estimate of drug-likeness (QED) is 0.839. The molecule has 2 heterocycles. The maximum atomic E-state index is 13.1. The Kier molecular flexibility index (Phi) is 6.92. The molecule has 0 bridgehead atoms. The molecule has 150 valence electrons. The zero-order chi connectivity index (χ0) is 18.9. The van der Waals surface area contributed by atoms with E-state index in [-0.39, 0.29) is 42.1 Å². The van der Waals surface area contributed by atoms with Gasteiger partial charge in [0.05, 0.1) is 5.92 Å². The average Bonchev–Trinajstić information content (AvgIpc) is 3.02. The molecule has 3 atom stereocenters. The number of benzene rings is 1. The van der Waals surface area contributed by atoms with E-state index in [1.165, 1.54) is 5.56 Å². The van der Waals surface area contributed by atoms with Crippen LogP contribution in [0.5, 0.6) is 0 Å². The summed E-state index contributed by atoms with van der Waals surface area (Å²) in [6.45, 7) is 8.37. The lowest BCUT2D eigenvalue weighted by Crippen LogP contribution is -2.49. The number of carbonyl (C=O) groups excluding carboxylic acids is 2. The first-order valence-electron chi connectivity index (χ1n) is 9.66. The minimum Gasteiger partial charge on any atom is -0.341 e. The number of nitrogens with zero attached hydrogens (tertiary/aromatic N) is 2. The number of amides is 2. The Morgan fingerprint density at radius 3 is 2.33 bits per heavy atom. The zero-order valence-corrected chi connectivity index (χ0v) is 17.4. The van der Waals surface area contributed by atoms with Crippen LogP contribution in [0.15, 0.2) is 30.3 Å². The zero-order valence-electron chi connectivity index (χ0n) is 16.6. The van der Waals surface area contributed by atoms with Crippen LogP contribution in [0.1, 0.15) is 45.1 Å². The van der Waals surface area contributed by atoms with Gasteiger partial charge in [-0.1, -0.05) is 51.1 Å². The van der Waals surface area contributed by atoms with Crippen molar-refractivity contribution in [2.24, 2.45) is 17.1 Å². The Morgan fingerprint density at radius 2 is 1.70 bits per heavy atom. The second-order valence-corrected chi connectivity index (χ2v) is 8.76. The van der Waals surface area contributed by atoms with Gasteiger partial charge in [-0.05, 0) is 18.4 Å². The van der Waals surface area contributed by atoms with E-state index in [9.17, 15) is 9.59 Å². The van der Waals surface area contributed by atoms with Crippen molar-refractivity contribution in [3.05, 3.63) is 35.9 Å². The van der Waals surface area contributed by atoms with Crippen LogP contribution in [0, 0.1) is 11.3 Å². The number of halogens is 1. The third-order valence-electron chi connectivity index (χ3n) is 5.60. The number of hydrogen-bond acceptors (Lipinski definition) is 3. The van der Waals surface area contributed by atoms with E-state index in [1.807, 2.05) is 48.8 Å².